The number of terminal acetylenes is 2. The molecule has 0 heterocycles. The summed E-state index contributed by atoms with van der Waals surface area (Å²) in [5, 5.41) is 0. The van der Waals surface area contributed by atoms with Gasteiger partial charge in [-0.3, -0.25) is 13.6 Å². The fourth-order valence-corrected chi connectivity index (χ4v) is 1.68. The normalized spacial score (nSPS) is 18.6. The Morgan fingerprint density at radius 1 is 1.14 bits per heavy atom. The van der Waals surface area contributed by atoms with Gasteiger partial charge in [-0.15, -0.1) is 12.8 Å². The standard InChI is InChI=1S/C9H13O4P/c1-6-8(3)12-14(10,11-5)13-9(4)7-2/h1-2,8-9H,3-5H3. The Morgan fingerprint density at radius 3 is 1.71 bits per heavy atom. The number of phosphoric acid groups is 1. The largest absolute Gasteiger partial charge is 0.476 e. The van der Waals surface area contributed by atoms with E-state index in [1.807, 2.05) is 0 Å². The third-order valence-electron chi connectivity index (χ3n) is 1.27. The second-order valence-electron chi connectivity index (χ2n) is 2.46. The minimum Gasteiger partial charge on any atom is -0.290 e. The van der Waals surface area contributed by atoms with Gasteiger partial charge < -0.3 is 0 Å². The lowest BCUT2D eigenvalue weighted by atomic mass is 10.4. The van der Waals surface area contributed by atoms with Crippen LogP contribution in [0.3, 0.4) is 0 Å². The summed E-state index contributed by atoms with van der Waals surface area (Å²) >= 11 is 0. The highest BCUT2D eigenvalue weighted by Gasteiger charge is 2.29. The lowest BCUT2D eigenvalue weighted by Gasteiger charge is -2.18. The molecule has 0 aliphatic heterocycles. The Hall–Kier alpha value is -0.770. The van der Waals surface area contributed by atoms with Crippen molar-refractivity contribution in [2.24, 2.45) is 0 Å². The Bertz CT molecular complexity index is 273. The van der Waals surface area contributed by atoms with Crippen molar-refractivity contribution in [3.05, 3.63) is 0 Å². The van der Waals surface area contributed by atoms with Gasteiger partial charge in [-0.25, -0.2) is 4.57 Å². The molecule has 4 nitrogen and oxygen atoms in total. The van der Waals surface area contributed by atoms with Gasteiger partial charge in [0.2, 0.25) is 0 Å². The first-order valence-electron chi connectivity index (χ1n) is 3.92. The summed E-state index contributed by atoms with van der Waals surface area (Å²) in [5.74, 6) is 4.48. The van der Waals surface area contributed by atoms with E-state index in [1.54, 1.807) is 13.8 Å². The van der Waals surface area contributed by atoms with Crippen LogP contribution in [0.25, 0.3) is 0 Å². The van der Waals surface area contributed by atoms with E-state index in [0.717, 1.165) is 0 Å². The van der Waals surface area contributed by atoms with Crippen molar-refractivity contribution < 1.29 is 18.1 Å². The Morgan fingerprint density at radius 2 is 1.50 bits per heavy atom. The van der Waals surface area contributed by atoms with Gasteiger partial charge in [0.15, 0.2) is 0 Å². The van der Waals surface area contributed by atoms with Gasteiger partial charge >= 0.3 is 7.82 Å². The van der Waals surface area contributed by atoms with Crippen LogP contribution in [0.2, 0.25) is 0 Å². The summed E-state index contributed by atoms with van der Waals surface area (Å²) in [5.41, 5.74) is 0. The minimum atomic E-state index is -3.63. The fraction of sp³-hybridized carbons (Fsp3) is 0.556. The van der Waals surface area contributed by atoms with Gasteiger partial charge in [-0.1, -0.05) is 11.8 Å². The quantitative estimate of drug-likeness (QED) is 0.519. The highest BCUT2D eigenvalue weighted by Crippen LogP contribution is 2.50. The molecule has 0 aromatic carbocycles. The van der Waals surface area contributed by atoms with Crippen LogP contribution in [0.15, 0.2) is 0 Å². The maximum atomic E-state index is 11.7. The van der Waals surface area contributed by atoms with Crippen LogP contribution in [-0.4, -0.2) is 19.3 Å². The summed E-state index contributed by atoms with van der Waals surface area (Å²) in [6, 6.07) is 0. The van der Waals surface area contributed by atoms with E-state index in [0.29, 0.717) is 0 Å². The van der Waals surface area contributed by atoms with Crippen LogP contribution in [0.4, 0.5) is 0 Å². The van der Waals surface area contributed by atoms with Gasteiger partial charge in [-0.05, 0) is 13.8 Å². The molecule has 0 N–H and O–H groups in total. The van der Waals surface area contributed by atoms with Crippen molar-refractivity contribution >= 4 is 7.82 Å². The molecular weight excluding hydrogens is 203 g/mol. The average Bonchev–Trinajstić information content (AvgIpc) is 2.17. The third-order valence-corrected chi connectivity index (χ3v) is 2.86. The molecule has 0 saturated heterocycles. The molecule has 0 aliphatic carbocycles. The monoisotopic (exact) mass is 216 g/mol. The Kier molecular flexibility index (Phi) is 5.53. The van der Waals surface area contributed by atoms with E-state index in [-0.39, 0.29) is 0 Å². The first-order chi connectivity index (χ1) is 6.47. The summed E-state index contributed by atoms with van der Waals surface area (Å²) in [6.45, 7) is 3.10. The van der Waals surface area contributed by atoms with Gasteiger partial charge in [0.25, 0.3) is 0 Å². The third kappa shape index (κ3) is 4.46. The van der Waals surface area contributed by atoms with Gasteiger partial charge in [0, 0.05) is 7.11 Å². The highest BCUT2D eigenvalue weighted by molar-refractivity contribution is 7.48. The van der Waals surface area contributed by atoms with Crippen molar-refractivity contribution in [3.8, 4) is 24.7 Å². The second kappa shape index (κ2) is 5.86. The Labute approximate surface area is 84.5 Å². The fourth-order valence-electron chi connectivity index (χ4n) is 0.559. The van der Waals surface area contributed by atoms with Crippen LogP contribution in [-0.2, 0) is 18.1 Å². The van der Waals surface area contributed by atoms with Gasteiger partial charge in [0.05, 0.1) is 0 Å². The lowest BCUT2D eigenvalue weighted by molar-refractivity contribution is 0.106. The molecule has 0 bridgehead atoms. The smallest absolute Gasteiger partial charge is 0.290 e. The average molecular weight is 216 g/mol. The number of phosphoric ester groups is 1. The molecule has 5 heteroatoms. The first kappa shape index (κ1) is 13.2. The lowest BCUT2D eigenvalue weighted by Crippen LogP contribution is -2.10. The molecular formula is C9H13O4P. The van der Waals surface area contributed by atoms with Crippen molar-refractivity contribution in [1.82, 2.24) is 0 Å². The second-order valence-corrected chi connectivity index (χ2v) is 4.14. The summed E-state index contributed by atoms with van der Waals surface area (Å²) in [7, 11) is -2.43. The predicted octanol–water partition coefficient (Wildman–Crippen LogP) is 1.82. The summed E-state index contributed by atoms with van der Waals surface area (Å²) < 4.78 is 26.0. The number of rotatable bonds is 5. The van der Waals surface area contributed by atoms with E-state index in [9.17, 15) is 4.57 Å². The zero-order chi connectivity index (χ0) is 11.2. The molecule has 0 fully saturated rings. The van der Waals surface area contributed by atoms with E-state index in [2.05, 4.69) is 16.4 Å². The molecule has 0 rings (SSSR count). The maximum absolute atomic E-state index is 11.7. The van der Waals surface area contributed by atoms with E-state index >= 15 is 0 Å². The highest BCUT2D eigenvalue weighted by atomic mass is 31.2. The molecule has 0 radical (unpaired) electrons. The summed E-state index contributed by atoms with van der Waals surface area (Å²) in [6.07, 6.45) is 8.78. The molecule has 0 saturated carbocycles. The van der Waals surface area contributed by atoms with Crippen molar-refractivity contribution in [1.29, 1.82) is 0 Å². The zero-order valence-electron chi connectivity index (χ0n) is 8.39. The van der Waals surface area contributed by atoms with Crippen molar-refractivity contribution in [2.75, 3.05) is 7.11 Å². The molecule has 0 aromatic rings. The van der Waals surface area contributed by atoms with Crippen LogP contribution < -0.4 is 0 Å². The van der Waals surface area contributed by atoms with E-state index in [1.165, 1.54) is 7.11 Å². The number of hydrogen-bond acceptors (Lipinski definition) is 4. The van der Waals surface area contributed by atoms with Gasteiger partial charge in [0.1, 0.15) is 12.2 Å². The van der Waals surface area contributed by atoms with Crippen LogP contribution in [0.5, 0.6) is 0 Å². The van der Waals surface area contributed by atoms with Crippen molar-refractivity contribution in [3.63, 3.8) is 0 Å². The zero-order valence-corrected chi connectivity index (χ0v) is 9.28. The van der Waals surface area contributed by atoms with Crippen LogP contribution >= 0.6 is 7.82 Å². The van der Waals surface area contributed by atoms with Crippen LogP contribution in [0, 0.1) is 24.7 Å². The number of hydrogen-bond donors (Lipinski definition) is 0. The molecule has 0 aromatic heterocycles. The molecule has 2 atom stereocenters. The van der Waals surface area contributed by atoms with E-state index in [4.69, 9.17) is 21.9 Å². The Balaban J connectivity index is 4.44. The van der Waals surface area contributed by atoms with Gasteiger partial charge in [-0.2, -0.15) is 0 Å². The topological polar surface area (TPSA) is 44.8 Å². The molecule has 0 amide bonds. The molecule has 14 heavy (non-hydrogen) atoms. The summed E-state index contributed by atoms with van der Waals surface area (Å²) in [4.78, 5) is 0. The molecule has 0 spiro atoms. The van der Waals surface area contributed by atoms with Crippen molar-refractivity contribution in [2.45, 2.75) is 26.1 Å². The molecule has 78 valence electrons. The SMILES string of the molecule is C#CC(C)OP(=O)(OC)OC(C)C#C. The van der Waals surface area contributed by atoms with E-state index < -0.39 is 20.0 Å². The molecule has 0 aliphatic rings. The maximum Gasteiger partial charge on any atom is 0.476 e. The predicted molar refractivity (Wildman–Crippen MR) is 53.4 cm³/mol. The minimum absolute atomic E-state index is 0.661. The molecule has 2 unspecified atom stereocenters. The van der Waals surface area contributed by atoms with Crippen LogP contribution in [0.1, 0.15) is 13.8 Å². The first-order valence-corrected chi connectivity index (χ1v) is 5.38.